The maximum absolute atomic E-state index is 12.6. The fourth-order valence-electron chi connectivity index (χ4n) is 3.27. The second-order valence-electron chi connectivity index (χ2n) is 6.63. The number of carbonyl (C=O) groups is 1. The molecule has 138 valence electrons. The average Bonchev–Trinajstić information content (AvgIpc) is 3.15. The van der Waals surface area contributed by atoms with Crippen molar-refractivity contribution in [2.45, 2.75) is 6.04 Å². The Morgan fingerprint density at radius 2 is 2.00 bits per heavy atom. The monoisotopic (exact) mass is 355 g/mol. The van der Waals surface area contributed by atoms with Crippen LogP contribution in [-0.4, -0.2) is 52.9 Å². The number of hydrogen-bond acceptors (Lipinski definition) is 4. The Kier molecular flexibility index (Phi) is 4.99. The summed E-state index contributed by atoms with van der Waals surface area (Å²) in [5.74, 6) is 0.138. The van der Waals surface area contributed by atoms with Gasteiger partial charge in [0.15, 0.2) is 0 Å². The Bertz CT molecular complexity index is 925. The highest BCUT2D eigenvalue weighted by Gasteiger charge is 2.22. The number of para-hydroxylation sites is 1. The van der Waals surface area contributed by atoms with Crippen molar-refractivity contribution in [3.05, 3.63) is 47.8 Å². The molecule has 2 aromatic heterocycles. The molecule has 1 atom stereocenters. The number of aryl methyl sites for hydroxylation is 2. The van der Waals surface area contributed by atoms with Gasteiger partial charge in [-0.25, -0.2) is 0 Å². The van der Waals surface area contributed by atoms with Gasteiger partial charge in [0.05, 0.1) is 13.2 Å². The van der Waals surface area contributed by atoms with E-state index in [9.17, 15) is 4.79 Å². The lowest BCUT2D eigenvalue weighted by atomic mass is 10.0. The van der Waals surface area contributed by atoms with Gasteiger partial charge in [0.2, 0.25) is 5.88 Å². The van der Waals surface area contributed by atoms with E-state index in [1.807, 2.05) is 33.3 Å². The number of fused-ring (bicyclic) bond motifs is 1. The van der Waals surface area contributed by atoms with Gasteiger partial charge in [-0.3, -0.25) is 9.48 Å². The summed E-state index contributed by atoms with van der Waals surface area (Å²) in [4.78, 5) is 14.7. The highest BCUT2D eigenvalue weighted by molar-refractivity contribution is 5.96. The summed E-state index contributed by atoms with van der Waals surface area (Å²) < 4.78 is 8.87. The van der Waals surface area contributed by atoms with Gasteiger partial charge in [-0.05, 0) is 25.7 Å². The topological polar surface area (TPSA) is 64.3 Å². The Labute approximate surface area is 153 Å². The van der Waals surface area contributed by atoms with E-state index < -0.39 is 0 Å². The lowest BCUT2D eigenvalue weighted by Crippen LogP contribution is -2.34. The van der Waals surface area contributed by atoms with Gasteiger partial charge in [-0.15, -0.1) is 5.10 Å². The van der Waals surface area contributed by atoms with E-state index in [4.69, 9.17) is 4.74 Å². The van der Waals surface area contributed by atoms with E-state index in [1.165, 1.54) is 23.6 Å². The second kappa shape index (κ2) is 7.21. The largest absolute Gasteiger partial charge is 0.479 e. The predicted octanol–water partition coefficient (Wildman–Crippen LogP) is 1.95. The van der Waals surface area contributed by atoms with Crippen LogP contribution in [0.5, 0.6) is 5.88 Å². The first-order valence-electron chi connectivity index (χ1n) is 8.48. The minimum atomic E-state index is -0.193. The molecular formula is C19H25N5O2. The van der Waals surface area contributed by atoms with Crippen molar-refractivity contribution in [1.82, 2.24) is 24.6 Å². The summed E-state index contributed by atoms with van der Waals surface area (Å²) in [5, 5.41) is 8.35. The lowest BCUT2D eigenvalue weighted by molar-refractivity contribution is 0.0939. The van der Waals surface area contributed by atoms with Crippen molar-refractivity contribution in [3.63, 3.8) is 0 Å². The molecule has 2 heterocycles. The van der Waals surface area contributed by atoms with Crippen molar-refractivity contribution in [3.8, 4) is 5.88 Å². The minimum Gasteiger partial charge on any atom is -0.479 e. The van der Waals surface area contributed by atoms with Gasteiger partial charge in [0.1, 0.15) is 5.56 Å². The molecule has 3 rings (SSSR count). The number of amides is 1. The number of aromatic nitrogens is 3. The average molecular weight is 355 g/mol. The maximum atomic E-state index is 12.6. The standard InChI is InChI=1S/C19H25N5O2/c1-22(2)17(14-11-23(3)16-9-7-6-8-13(14)16)10-20-18(25)15-12-24(4)21-19(15)26-5/h6-9,11-12,17H,10H2,1-5H3,(H,20,25)/t17-/m0/s1. The van der Waals surface area contributed by atoms with Gasteiger partial charge in [0.25, 0.3) is 5.91 Å². The van der Waals surface area contributed by atoms with Crippen molar-refractivity contribution in [2.75, 3.05) is 27.7 Å². The van der Waals surface area contributed by atoms with Crippen LogP contribution < -0.4 is 10.1 Å². The first kappa shape index (κ1) is 18.0. The second-order valence-corrected chi connectivity index (χ2v) is 6.63. The normalized spacial score (nSPS) is 12.5. The first-order chi connectivity index (χ1) is 12.4. The summed E-state index contributed by atoms with van der Waals surface area (Å²) in [5.41, 5.74) is 2.80. The maximum Gasteiger partial charge on any atom is 0.258 e. The number of rotatable bonds is 6. The molecule has 7 heteroatoms. The Balaban J connectivity index is 1.84. The van der Waals surface area contributed by atoms with E-state index in [0.717, 1.165) is 0 Å². The van der Waals surface area contributed by atoms with Gasteiger partial charge >= 0.3 is 0 Å². The fraction of sp³-hybridized carbons (Fsp3) is 0.368. The van der Waals surface area contributed by atoms with Crippen LogP contribution in [0.2, 0.25) is 0 Å². The Morgan fingerprint density at radius 1 is 1.27 bits per heavy atom. The summed E-state index contributed by atoms with van der Waals surface area (Å²) in [6, 6.07) is 8.34. The third kappa shape index (κ3) is 3.30. The van der Waals surface area contributed by atoms with E-state index in [0.29, 0.717) is 18.0 Å². The molecule has 0 fully saturated rings. The molecule has 1 amide bonds. The SMILES string of the molecule is COc1nn(C)cc1C(=O)NC[C@@H](c1cn(C)c2ccccc12)N(C)C. The summed E-state index contributed by atoms with van der Waals surface area (Å²) in [6.45, 7) is 0.484. The summed E-state index contributed by atoms with van der Waals surface area (Å²) >= 11 is 0. The van der Waals surface area contributed by atoms with E-state index in [2.05, 4.69) is 38.2 Å². The van der Waals surface area contributed by atoms with Crippen LogP contribution in [0.25, 0.3) is 10.9 Å². The molecule has 26 heavy (non-hydrogen) atoms. The molecule has 0 unspecified atom stereocenters. The number of likely N-dealkylation sites (N-methyl/N-ethyl adjacent to an activating group) is 1. The number of carbonyl (C=O) groups excluding carboxylic acids is 1. The Hall–Kier alpha value is -2.80. The van der Waals surface area contributed by atoms with Crippen molar-refractivity contribution in [2.24, 2.45) is 14.1 Å². The highest BCUT2D eigenvalue weighted by Crippen LogP contribution is 2.28. The zero-order chi connectivity index (χ0) is 18.8. The highest BCUT2D eigenvalue weighted by atomic mass is 16.5. The van der Waals surface area contributed by atoms with Crippen LogP contribution >= 0.6 is 0 Å². The number of ether oxygens (including phenoxy) is 1. The van der Waals surface area contributed by atoms with E-state index in [1.54, 1.807) is 17.9 Å². The summed E-state index contributed by atoms with van der Waals surface area (Å²) in [7, 11) is 9.35. The smallest absolute Gasteiger partial charge is 0.258 e. The van der Waals surface area contributed by atoms with Crippen LogP contribution in [0, 0.1) is 0 Å². The number of nitrogens with one attached hydrogen (secondary N) is 1. The first-order valence-corrected chi connectivity index (χ1v) is 8.48. The van der Waals surface area contributed by atoms with Crippen LogP contribution in [0.15, 0.2) is 36.7 Å². The van der Waals surface area contributed by atoms with Gasteiger partial charge in [0, 0.05) is 43.9 Å². The molecule has 0 saturated carbocycles. The minimum absolute atomic E-state index is 0.0488. The number of hydrogen-bond donors (Lipinski definition) is 1. The molecule has 0 spiro atoms. The molecule has 0 saturated heterocycles. The third-order valence-corrected chi connectivity index (χ3v) is 4.60. The summed E-state index contributed by atoms with van der Waals surface area (Å²) in [6.07, 6.45) is 3.79. The van der Waals surface area contributed by atoms with Crippen LogP contribution in [0.4, 0.5) is 0 Å². The Morgan fingerprint density at radius 3 is 2.69 bits per heavy atom. The fourth-order valence-corrected chi connectivity index (χ4v) is 3.27. The van der Waals surface area contributed by atoms with Gasteiger partial charge < -0.3 is 19.5 Å². The molecule has 7 nitrogen and oxygen atoms in total. The third-order valence-electron chi connectivity index (χ3n) is 4.60. The molecule has 0 aliphatic rings. The molecule has 0 bridgehead atoms. The molecule has 3 aromatic rings. The predicted molar refractivity (Wildman–Crippen MR) is 101 cm³/mol. The molecule has 1 aromatic carbocycles. The lowest BCUT2D eigenvalue weighted by Gasteiger charge is -2.24. The van der Waals surface area contributed by atoms with E-state index >= 15 is 0 Å². The van der Waals surface area contributed by atoms with Crippen LogP contribution in [0.3, 0.4) is 0 Å². The number of methoxy groups -OCH3 is 1. The zero-order valence-corrected chi connectivity index (χ0v) is 15.9. The van der Waals surface area contributed by atoms with Crippen molar-refractivity contribution in [1.29, 1.82) is 0 Å². The van der Waals surface area contributed by atoms with Crippen LogP contribution in [0.1, 0.15) is 22.0 Å². The van der Waals surface area contributed by atoms with Crippen molar-refractivity contribution < 1.29 is 9.53 Å². The quantitative estimate of drug-likeness (QED) is 0.734. The van der Waals surface area contributed by atoms with Crippen LogP contribution in [-0.2, 0) is 14.1 Å². The van der Waals surface area contributed by atoms with Crippen molar-refractivity contribution >= 4 is 16.8 Å². The molecule has 0 aliphatic carbocycles. The molecule has 0 aliphatic heterocycles. The van der Waals surface area contributed by atoms with Gasteiger partial charge in [-0.2, -0.15) is 0 Å². The molecular weight excluding hydrogens is 330 g/mol. The van der Waals surface area contributed by atoms with E-state index in [-0.39, 0.29) is 11.9 Å². The molecule has 1 N–H and O–H groups in total. The van der Waals surface area contributed by atoms with Gasteiger partial charge in [-0.1, -0.05) is 18.2 Å². The number of nitrogens with zero attached hydrogens (tertiary/aromatic N) is 4. The number of benzene rings is 1. The molecule has 0 radical (unpaired) electrons. The zero-order valence-electron chi connectivity index (χ0n) is 15.9.